The van der Waals surface area contributed by atoms with E-state index in [1.165, 1.54) is 18.4 Å². The normalized spacial score (nSPS) is 17.2. The largest absolute Gasteiger partial charge is 0.491 e. The summed E-state index contributed by atoms with van der Waals surface area (Å²) in [6, 6.07) is 34.7. The molecule has 7 N–H and O–H groups in total. The van der Waals surface area contributed by atoms with Crippen molar-refractivity contribution in [3.63, 3.8) is 0 Å². The number of benzene rings is 6. The predicted molar refractivity (Wildman–Crippen MR) is 606 cm³/mol. The molecule has 28 heteroatoms. The van der Waals surface area contributed by atoms with Gasteiger partial charge >= 0.3 is 0 Å². The summed E-state index contributed by atoms with van der Waals surface area (Å²) in [5.74, 6) is 16.7. The smallest absolute Gasteiger partial charge is 0.266 e. The van der Waals surface area contributed by atoms with Crippen molar-refractivity contribution < 1.29 is 43.1 Å². The molecule has 149 heavy (non-hydrogen) atoms. The summed E-state index contributed by atoms with van der Waals surface area (Å²) in [5, 5.41) is 16.0. The van der Waals surface area contributed by atoms with Crippen LogP contribution in [0.2, 0.25) is 0 Å². The number of carbonyl (C=O) groups is 1. The second kappa shape index (κ2) is 46.7. The monoisotopic (exact) mass is 2080 g/mol. The molecule has 1 saturated carbocycles. The van der Waals surface area contributed by atoms with Crippen LogP contribution in [0, 0.1) is 86.4 Å². The molecule has 782 valence electrons. The van der Waals surface area contributed by atoms with Crippen LogP contribution < -0.4 is 67.5 Å². The van der Waals surface area contributed by atoms with Gasteiger partial charge < -0.3 is 97.6 Å². The minimum absolute atomic E-state index is 0.0943. The van der Waals surface area contributed by atoms with E-state index in [1.807, 2.05) is 98.8 Å². The number of rotatable bonds is 19. The van der Waals surface area contributed by atoms with Gasteiger partial charge in [0.05, 0.1) is 107 Å². The molecule has 0 radical (unpaired) electrons. The third kappa shape index (κ3) is 24.6. The number of piperidine rings is 6. The summed E-state index contributed by atoms with van der Waals surface area (Å²) in [4.78, 5) is 117. The van der Waals surface area contributed by atoms with E-state index < -0.39 is 5.60 Å². The fourth-order valence-electron chi connectivity index (χ4n) is 20.9. The summed E-state index contributed by atoms with van der Waals surface area (Å²) in [5.41, 5.74) is 13.5. The molecule has 6 aliphatic heterocycles. The quantitative estimate of drug-likeness (QED) is 0.0225. The Morgan fingerprint density at radius 2 is 0.658 bits per heavy atom. The average molecular weight is 2080 g/mol. The Morgan fingerprint density at radius 1 is 0.376 bits per heavy atom. The third-order valence-corrected chi connectivity index (χ3v) is 32.2. The predicted octanol–water partition coefficient (Wildman–Crippen LogP) is 18.5. The fourth-order valence-corrected chi connectivity index (χ4v) is 21.2. The second-order valence-corrected chi connectivity index (χ2v) is 43.1. The van der Waals surface area contributed by atoms with Gasteiger partial charge in [0.1, 0.15) is 45.7 Å². The summed E-state index contributed by atoms with van der Waals surface area (Å²) >= 11 is 3.50. The number of ether oxygens (including phenoxy) is 7. The van der Waals surface area contributed by atoms with Crippen molar-refractivity contribution in [1.82, 2.24) is 29.9 Å². The van der Waals surface area contributed by atoms with Crippen LogP contribution in [-0.2, 0) is 34.0 Å². The van der Waals surface area contributed by atoms with Gasteiger partial charge in [-0.2, -0.15) is 0 Å². The molecule has 7 fully saturated rings. The molecular weight excluding hydrogens is 1940 g/mol. The Bertz CT molecular complexity index is 7530. The minimum atomic E-state index is -0.978. The number of hydrogen-bond donors (Lipinski definition) is 7. The van der Waals surface area contributed by atoms with E-state index in [0.717, 1.165) is 276 Å². The zero-order valence-corrected chi connectivity index (χ0v) is 90.7. The number of fused-ring (bicyclic) bond motifs is 6. The standard InChI is InChI=1S/C21H26N2O4.C21H26N2O3.C21H22N2O2.C21H26N2O2.C19H22N2O2.C18H19BrN2O2/c1-5-16-19(23-10-8-21(2,26-4)9-11-23)17-14-15(27-13-12-25-3)6-7-18(17)22-20(16)24;1-6-15-18(23-11-9-21(4,26-5)10-12-23)16-13-14(20(2,3)25)7-8-17(16)22-19(15)24;1-3-15-19(23-11-9-21(7-8-21)10-12-23)16-13-14(18(24)4-2)5-6-17(16)22-20(15)25;1-6-16-19(23-11-9-21(4,25-5)10-12-23)17-13-15(14(2)3)7-8-18(17)22-20(16)24;1-5-14-17(21-10-8-19(3,23-4)9-11-21)15-12-13(2)6-7-16(15)20-18(14)22;1-4-13-16(21-9-7-18(2,23-3)8-10-21)14-11-12(19)5-6-15(14)20-17(13)22/h1,6-7,14H,8-13H2,2-4H3,(H,22,24);1,7-8,13,25H,9-12H2,2-5H3,(H,22,24);1,5-6,13H,4,7-12H2,2H3,(H,22,25);1,7-8,13-14H,9-12H2,2-5H3,(H,22,24);1,6-7,12H,8-11H2,2-4H3,(H,20,22);1,5-6,11H,7-10H2,2-3H3,(H,20,22). The number of aromatic amines is 6. The molecule has 0 unspecified atom stereocenters. The highest BCUT2D eigenvalue weighted by molar-refractivity contribution is 9.10. The van der Waals surface area contributed by atoms with Crippen molar-refractivity contribution >= 4 is 121 Å². The maximum absolute atomic E-state index is 12.5. The van der Waals surface area contributed by atoms with Crippen LogP contribution in [-0.4, -0.2) is 203 Å². The number of ketones is 1. The van der Waals surface area contributed by atoms with E-state index in [2.05, 4.69) is 177 Å². The third-order valence-electron chi connectivity index (χ3n) is 31.7. The molecule has 6 aromatic heterocycles. The highest BCUT2D eigenvalue weighted by Crippen LogP contribution is 2.55. The van der Waals surface area contributed by atoms with E-state index >= 15 is 0 Å². The zero-order valence-electron chi connectivity index (χ0n) is 89.2. The number of H-pyrrole nitrogens is 6. The molecule has 6 aromatic carbocycles. The van der Waals surface area contributed by atoms with Crippen molar-refractivity contribution in [2.75, 3.05) is 164 Å². The highest BCUT2D eigenvalue weighted by atomic mass is 79.9. The number of methoxy groups -OCH3 is 6. The Hall–Kier alpha value is -13.6. The van der Waals surface area contributed by atoms with Gasteiger partial charge in [-0.05, 0) is 259 Å². The van der Waals surface area contributed by atoms with Gasteiger partial charge in [-0.3, -0.25) is 33.6 Å². The second-order valence-electron chi connectivity index (χ2n) is 42.2. The van der Waals surface area contributed by atoms with Gasteiger partial charge in [0.15, 0.2) is 5.78 Å². The first-order valence-electron chi connectivity index (χ1n) is 51.3. The lowest BCUT2D eigenvalue weighted by Crippen LogP contribution is -2.44. The zero-order chi connectivity index (χ0) is 108. The molecule has 1 spiro atoms. The number of aromatic nitrogens is 6. The van der Waals surface area contributed by atoms with Crippen molar-refractivity contribution in [3.05, 3.63) is 231 Å². The van der Waals surface area contributed by atoms with Crippen LogP contribution in [0.3, 0.4) is 0 Å². The molecule has 27 nitrogen and oxygen atoms in total. The lowest BCUT2D eigenvalue weighted by Gasteiger charge is -2.40. The molecule has 6 saturated heterocycles. The number of hydrogen-bond acceptors (Lipinski definition) is 21. The van der Waals surface area contributed by atoms with Crippen LogP contribution in [0.25, 0.3) is 65.4 Å². The molecule has 1 aliphatic carbocycles. The van der Waals surface area contributed by atoms with Gasteiger partial charge in [-0.1, -0.05) is 96.0 Å². The number of nitrogens with one attached hydrogen (secondary N) is 6. The number of halogens is 1. The number of terminal acetylenes is 6. The van der Waals surface area contributed by atoms with Gasteiger partial charge in [0.25, 0.3) is 33.4 Å². The number of carbonyl (C=O) groups excluding carboxylic acids is 1. The van der Waals surface area contributed by atoms with Crippen LogP contribution in [0.15, 0.2) is 142 Å². The van der Waals surface area contributed by atoms with Crippen molar-refractivity contribution in [2.24, 2.45) is 5.41 Å². The van der Waals surface area contributed by atoms with Gasteiger partial charge in [-0.25, -0.2) is 0 Å². The van der Waals surface area contributed by atoms with E-state index in [-0.39, 0.29) is 67.1 Å². The molecule has 12 aromatic rings. The molecule has 7 aliphatic rings. The summed E-state index contributed by atoms with van der Waals surface area (Å²) in [7, 11) is 10.4. The van der Waals surface area contributed by atoms with Crippen LogP contribution in [0.5, 0.6) is 5.75 Å². The van der Waals surface area contributed by atoms with Gasteiger partial charge in [0, 0.05) is 170 Å². The topological polar surface area (TPSA) is 319 Å². The minimum Gasteiger partial charge on any atom is -0.491 e. The summed E-state index contributed by atoms with van der Waals surface area (Å²) < 4.78 is 39.9. The highest BCUT2D eigenvalue weighted by Gasteiger charge is 2.46. The summed E-state index contributed by atoms with van der Waals surface area (Å²) in [6.45, 7) is 33.1. The Labute approximate surface area is 881 Å². The van der Waals surface area contributed by atoms with Crippen LogP contribution in [0.4, 0.5) is 34.1 Å². The Kier molecular flexibility index (Phi) is 34.8. The average Bonchev–Trinajstić information content (AvgIpc) is 1.72. The molecule has 0 bridgehead atoms. The number of Topliss-reactive ketones (excluding diaryl/α,β-unsaturated/α-hetero) is 1. The van der Waals surface area contributed by atoms with Crippen LogP contribution in [0.1, 0.15) is 232 Å². The Balaban J connectivity index is 0.000000141. The maximum atomic E-state index is 12.5. The van der Waals surface area contributed by atoms with E-state index in [9.17, 15) is 38.7 Å². The van der Waals surface area contributed by atoms with Gasteiger partial charge in [0.2, 0.25) is 0 Å². The number of aryl methyl sites for hydroxylation is 1. The van der Waals surface area contributed by atoms with Crippen molar-refractivity contribution in [2.45, 2.75) is 212 Å². The first-order valence-corrected chi connectivity index (χ1v) is 52.1. The van der Waals surface area contributed by atoms with E-state index in [4.69, 9.17) is 71.7 Å². The van der Waals surface area contributed by atoms with Crippen molar-refractivity contribution in [3.8, 4) is 79.8 Å². The Morgan fingerprint density at radius 3 is 0.966 bits per heavy atom. The lowest BCUT2D eigenvalue weighted by atomic mass is 9.91. The molecule has 12 heterocycles. The van der Waals surface area contributed by atoms with Crippen LogP contribution >= 0.6 is 15.9 Å². The number of anilines is 6. The number of pyridine rings is 6. The molecule has 0 amide bonds. The lowest BCUT2D eigenvalue weighted by molar-refractivity contribution is -0.0134. The van der Waals surface area contributed by atoms with E-state index in [1.54, 1.807) is 62.6 Å². The molecular formula is C121H141BrN12O15. The SMILES string of the molecule is C#Cc1c(N2CCC(C)(OC)CC2)c2cc(Br)ccc2[nH]c1=O.C#Cc1c(N2CCC(C)(OC)CC2)c2cc(C(C)(C)O)ccc2[nH]c1=O.C#Cc1c(N2CCC(C)(OC)CC2)c2cc(C(C)C)ccc2[nH]c1=O.C#Cc1c(N2CCC(C)(OC)CC2)c2cc(C)ccc2[nH]c1=O.C#Cc1c(N2CCC(C)(OC)CC2)c2cc(OCCOC)ccc2[nH]c1=O.C#Cc1c(N2CCC3(CC2)CC3)c2cc(C(=O)CC)ccc2[nH]c1=O. The maximum Gasteiger partial charge on any atom is 0.266 e. The van der Waals surface area contributed by atoms with E-state index in [0.29, 0.717) is 69.9 Å². The van der Waals surface area contributed by atoms with Crippen molar-refractivity contribution in [1.29, 1.82) is 0 Å². The first-order chi connectivity index (χ1) is 71.1. The molecule has 0 atom stereocenters. The van der Waals surface area contributed by atoms with Gasteiger partial charge in [-0.15, -0.1) is 38.5 Å². The number of nitrogens with zero attached hydrogens (tertiary/aromatic N) is 6. The summed E-state index contributed by atoms with van der Waals surface area (Å²) in [6.07, 6.45) is 48.3. The fraction of sp³-hybridized carbons (Fsp3) is 0.446. The molecule has 19 rings (SSSR count). The first kappa shape index (κ1) is 111. The number of aliphatic hydroxyl groups is 1.